The molecule has 0 saturated heterocycles. The SMILES string of the molecule is CSc1ccc(-c2noc(SCC(=O)O)n2)cc1. The maximum Gasteiger partial charge on any atom is 0.314 e. The first-order chi connectivity index (χ1) is 8.69. The fraction of sp³-hybridized carbons (Fsp3) is 0.182. The molecule has 0 amide bonds. The van der Waals surface area contributed by atoms with Crippen molar-refractivity contribution in [3.8, 4) is 11.4 Å². The third kappa shape index (κ3) is 3.27. The molecule has 0 atom stereocenters. The highest BCUT2D eigenvalue weighted by molar-refractivity contribution is 7.99. The van der Waals surface area contributed by atoms with Crippen LogP contribution in [-0.4, -0.2) is 33.2 Å². The average molecular weight is 282 g/mol. The van der Waals surface area contributed by atoms with Crippen LogP contribution in [-0.2, 0) is 4.79 Å². The van der Waals surface area contributed by atoms with Gasteiger partial charge in [-0.1, -0.05) is 16.9 Å². The molecule has 1 N–H and O–H groups in total. The minimum absolute atomic E-state index is 0.0902. The Morgan fingerprint density at radius 3 is 2.72 bits per heavy atom. The predicted octanol–water partition coefficient (Wildman–Crippen LogP) is 2.64. The van der Waals surface area contributed by atoms with Crippen LogP contribution in [0.25, 0.3) is 11.4 Å². The Hall–Kier alpha value is -1.47. The highest BCUT2D eigenvalue weighted by atomic mass is 32.2. The molecule has 0 radical (unpaired) electrons. The smallest absolute Gasteiger partial charge is 0.314 e. The highest BCUT2D eigenvalue weighted by Gasteiger charge is 2.10. The van der Waals surface area contributed by atoms with Crippen LogP contribution in [0.1, 0.15) is 0 Å². The number of carbonyl (C=O) groups is 1. The second-order valence-corrected chi connectivity index (χ2v) is 5.10. The zero-order chi connectivity index (χ0) is 13.0. The topological polar surface area (TPSA) is 76.2 Å². The second kappa shape index (κ2) is 5.92. The minimum Gasteiger partial charge on any atom is -0.481 e. The van der Waals surface area contributed by atoms with Crippen molar-refractivity contribution in [3.63, 3.8) is 0 Å². The molecule has 0 unspecified atom stereocenters. The summed E-state index contributed by atoms with van der Waals surface area (Å²) < 4.78 is 4.96. The van der Waals surface area contributed by atoms with Gasteiger partial charge in [0.25, 0.3) is 5.22 Å². The average Bonchev–Trinajstić information content (AvgIpc) is 2.85. The van der Waals surface area contributed by atoms with E-state index in [0.29, 0.717) is 5.82 Å². The van der Waals surface area contributed by atoms with E-state index in [0.717, 1.165) is 22.2 Å². The van der Waals surface area contributed by atoms with Crippen molar-refractivity contribution in [1.82, 2.24) is 10.1 Å². The molecule has 0 aliphatic rings. The van der Waals surface area contributed by atoms with Gasteiger partial charge in [0.05, 0.1) is 0 Å². The van der Waals surface area contributed by atoms with Crippen LogP contribution in [0.5, 0.6) is 0 Å². The number of benzene rings is 1. The van der Waals surface area contributed by atoms with Crippen molar-refractivity contribution in [2.75, 3.05) is 12.0 Å². The van der Waals surface area contributed by atoms with Crippen LogP contribution in [0.15, 0.2) is 38.9 Å². The first kappa shape index (κ1) is 13.0. The normalized spacial score (nSPS) is 10.5. The van der Waals surface area contributed by atoms with E-state index in [4.69, 9.17) is 9.63 Å². The molecule has 0 spiro atoms. The Bertz CT molecular complexity index is 539. The Labute approximate surface area is 112 Å². The summed E-state index contributed by atoms with van der Waals surface area (Å²) in [5, 5.41) is 12.6. The van der Waals surface area contributed by atoms with Gasteiger partial charge in [-0.3, -0.25) is 4.79 Å². The molecular formula is C11H10N2O3S2. The lowest BCUT2D eigenvalue weighted by atomic mass is 10.2. The Balaban J connectivity index is 2.10. The van der Waals surface area contributed by atoms with E-state index in [1.807, 2.05) is 30.5 Å². The summed E-state index contributed by atoms with van der Waals surface area (Å²) in [5.74, 6) is -0.535. The molecule has 1 aromatic carbocycles. The molecule has 18 heavy (non-hydrogen) atoms. The van der Waals surface area contributed by atoms with Gasteiger partial charge < -0.3 is 9.63 Å². The lowest BCUT2D eigenvalue weighted by Crippen LogP contribution is -1.97. The monoisotopic (exact) mass is 282 g/mol. The number of nitrogens with zero attached hydrogens (tertiary/aromatic N) is 2. The van der Waals surface area contributed by atoms with Crippen molar-refractivity contribution >= 4 is 29.5 Å². The highest BCUT2D eigenvalue weighted by Crippen LogP contribution is 2.23. The molecular weight excluding hydrogens is 272 g/mol. The number of aromatic nitrogens is 2. The van der Waals surface area contributed by atoms with Crippen molar-refractivity contribution in [2.24, 2.45) is 0 Å². The second-order valence-electron chi connectivity index (χ2n) is 3.29. The van der Waals surface area contributed by atoms with Gasteiger partial charge in [-0.05, 0) is 30.5 Å². The molecule has 7 heteroatoms. The summed E-state index contributed by atoms with van der Waals surface area (Å²) in [6, 6.07) is 7.76. The largest absolute Gasteiger partial charge is 0.481 e. The molecule has 5 nitrogen and oxygen atoms in total. The summed E-state index contributed by atoms with van der Waals surface area (Å²) in [4.78, 5) is 15.7. The van der Waals surface area contributed by atoms with Gasteiger partial charge in [0.1, 0.15) is 5.75 Å². The van der Waals surface area contributed by atoms with Crippen molar-refractivity contribution in [1.29, 1.82) is 0 Å². The van der Waals surface area contributed by atoms with Crippen LogP contribution in [0.3, 0.4) is 0 Å². The molecule has 2 rings (SSSR count). The number of aliphatic carboxylic acids is 1. The molecule has 0 bridgehead atoms. The Kier molecular flexibility index (Phi) is 4.27. The molecule has 1 heterocycles. The molecule has 1 aromatic heterocycles. The third-order valence-corrected chi connectivity index (χ3v) is 3.62. The van der Waals surface area contributed by atoms with Crippen LogP contribution in [0.2, 0.25) is 0 Å². The van der Waals surface area contributed by atoms with Gasteiger partial charge >= 0.3 is 5.97 Å². The predicted molar refractivity (Wildman–Crippen MR) is 69.9 cm³/mol. The fourth-order valence-electron chi connectivity index (χ4n) is 1.25. The van der Waals surface area contributed by atoms with E-state index < -0.39 is 5.97 Å². The molecule has 0 fully saturated rings. The van der Waals surface area contributed by atoms with E-state index in [1.165, 1.54) is 0 Å². The minimum atomic E-state index is -0.913. The van der Waals surface area contributed by atoms with E-state index in [9.17, 15) is 4.79 Å². The third-order valence-electron chi connectivity index (χ3n) is 2.07. The number of thioether (sulfide) groups is 2. The first-order valence-corrected chi connectivity index (χ1v) is 7.23. The Morgan fingerprint density at radius 1 is 1.39 bits per heavy atom. The fourth-order valence-corrected chi connectivity index (χ4v) is 2.15. The maximum absolute atomic E-state index is 10.4. The quantitative estimate of drug-likeness (QED) is 0.845. The van der Waals surface area contributed by atoms with E-state index in [1.54, 1.807) is 11.8 Å². The summed E-state index contributed by atoms with van der Waals surface area (Å²) >= 11 is 2.66. The number of hydrogen-bond acceptors (Lipinski definition) is 6. The zero-order valence-corrected chi connectivity index (χ0v) is 11.1. The standard InChI is InChI=1S/C11H10N2O3S2/c1-17-8-4-2-7(3-5-8)10-12-11(16-13-10)18-6-9(14)15/h2-5H,6H2,1H3,(H,14,15). The van der Waals surface area contributed by atoms with Crippen LogP contribution in [0, 0.1) is 0 Å². The molecule has 94 valence electrons. The molecule has 0 saturated carbocycles. The summed E-state index contributed by atoms with van der Waals surface area (Å²) in [6.07, 6.45) is 2.00. The maximum atomic E-state index is 10.4. The first-order valence-electron chi connectivity index (χ1n) is 5.02. The van der Waals surface area contributed by atoms with Gasteiger partial charge in [0.15, 0.2) is 0 Å². The van der Waals surface area contributed by atoms with Crippen LogP contribution >= 0.6 is 23.5 Å². The number of carboxylic acid groups (broad SMARTS) is 1. The summed E-state index contributed by atoms with van der Waals surface area (Å²) in [5.41, 5.74) is 0.846. The summed E-state index contributed by atoms with van der Waals surface area (Å²) in [6.45, 7) is 0. The number of carboxylic acids is 1. The molecule has 0 aliphatic heterocycles. The van der Waals surface area contributed by atoms with Gasteiger partial charge in [-0.15, -0.1) is 11.8 Å². The lowest BCUT2D eigenvalue weighted by molar-refractivity contribution is -0.133. The summed E-state index contributed by atoms with van der Waals surface area (Å²) in [7, 11) is 0. The van der Waals surface area contributed by atoms with Gasteiger partial charge in [-0.2, -0.15) is 4.98 Å². The number of rotatable bonds is 5. The van der Waals surface area contributed by atoms with E-state index in [2.05, 4.69) is 10.1 Å². The van der Waals surface area contributed by atoms with Crippen molar-refractivity contribution in [3.05, 3.63) is 24.3 Å². The van der Waals surface area contributed by atoms with Crippen molar-refractivity contribution in [2.45, 2.75) is 10.1 Å². The van der Waals surface area contributed by atoms with Gasteiger partial charge in [0, 0.05) is 10.5 Å². The van der Waals surface area contributed by atoms with E-state index >= 15 is 0 Å². The molecule has 2 aromatic rings. The Morgan fingerprint density at radius 2 is 2.11 bits per heavy atom. The lowest BCUT2D eigenvalue weighted by Gasteiger charge is -1.96. The van der Waals surface area contributed by atoms with Gasteiger partial charge in [-0.25, -0.2) is 0 Å². The van der Waals surface area contributed by atoms with E-state index in [-0.39, 0.29) is 11.0 Å². The van der Waals surface area contributed by atoms with Crippen LogP contribution in [0.4, 0.5) is 0 Å². The number of hydrogen-bond donors (Lipinski definition) is 1. The van der Waals surface area contributed by atoms with Crippen LogP contribution < -0.4 is 0 Å². The molecule has 0 aliphatic carbocycles. The van der Waals surface area contributed by atoms with Gasteiger partial charge in [0.2, 0.25) is 5.82 Å². The van der Waals surface area contributed by atoms with Crippen molar-refractivity contribution < 1.29 is 14.4 Å². The zero-order valence-electron chi connectivity index (χ0n) is 9.49.